The van der Waals surface area contributed by atoms with Crippen LogP contribution < -0.4 is 5.73 Å². The first-order chi connectivity index (χ1) is 7.44. The molecule has 0 saturated carbocycles. The summed E-state index contributed by atoms with van der Waals surface area (Å²) in [5.74, 6) is 0.153. The lowest BCUT2D eigenvalue weighted by molar-refractivity contribution is -0.130. The predicted octanol–water partition coefficient (Wildman–Crippen LogP) is 1.73. The van der Waals surface area contributed by atoms with Gasteiger partial charge in [-0.25, -0.2) is 0 Å². The molecule has 1 rings (SSSR count). The molecule has 0 radical (unpaired) electrons. The zero-order valence-corrected chi connectivity index (χ0v) is 11.0. The van der Waals surface area contributed by atoms with E-state index in [0.717, 1.165) is 5.56 Å². The Bertz CT molecular complexity index is 333. The second kappa shape index (κ2) is 5.46. The highest BCUT2D eigenvalue weighted by Gasteiger charge is 2.21. The minimum Gasteiger partial charge on any atom is -0.345 e. The molecular formula is C12H20N2OS. The van der Waals surface area contributed by atoms with Crippen LogP contribution in [0.2, 0.25) is 0 Å². The number of hydrogen-bond donors (Lipinski definition) is 1. The molecule has 0 unspecified atom stereocenters. The van der Waals surface area contributed by atoms with E-state index in [-0.39, 0.29) is 11.3 Å². The monoisotopic (exact) mass is 240 g/mol. The van der Waals surface area contributed by atoms with Crippen LogP contribution in [0.5, 0.6) is 0 Å². The zero-order chi connectivity index (χ0) is 12.2. The van der Waals surface area contributed by atoms with Gasteiger partial charge in [0, 0.05) is 13.6 Å². The summed E-state index contributed by atoms with van der Waals surface area (Å²) in [6.45, 7) is 5.43. The number of amides is 1. The number of hydrogen-bond acceptors (Lipinski definition) is 3. The molecule has 1 heterocycles. The zero-order valence-electron chi connectivity index (χ0n) is 10.2. The van der Waals surface area contributed by atoms with Crippen LogP contribution in [0.1, 0.15) is 19.4 Å². The van der Waals surface area contributed by atoms with E-state index in [1.54, 1.807) is 16.2 Å². The van der Waals surface area contributed by atoms with Crippen LogP contribution in [-0.2, 0) is 11.2 Å². The number of nitrogens with zero attached hydrogens (tertiary/aromatic N) is 1. The van der Waals surface area contributed by atoms with E-state index in [9.17, 15) is 4.79 Å². The first-order valence-corrected chi connectivity index (χ1v) is 6.34. The minimum atomic E-state index is -0.0148. The lowest BCUT2D eigenvalue weighted by atomic mass is 9.93. The van der Waals surface area contributed by atoms with Crippen molar-refractivity contribution in [2.75, 3.05) is 20.1 Å². The van der Waals surface area contributed by atoms with Crippen molar-refractivity contribution in [1.82, 2.24) is 4.90 Å². The van der Waals surface area contributed by atoms with Gasteiger partial charge in [-0.1, -0.05) is 13.8 Å². The van der Waals surface area contributed by atoms with Crippen molar-refractivity contribution in [3.05, 3.63) is 22.4 Å². The molecule has 90 valence electrons. The SMILES string of the molecule is CN(CC(C)(C)CN)C(=O)Cc1ccsc1. The van der Waals surface area contributed by atoms with Crippen LogP contribution in [0.4, 0.5) is 0 Å². The normalized spacial score (nSPS) is 11.5. The minimum absolute atomic E-state index is 0.0148. The summed E-state index contributed by atoms with van der Waals surface area (Å²) >= 11 is 1.62. The maximum absolute atomic E-state index is 11.9. The fraction of sp³-hybridized carbons (Fsp3) is 0.583. The van der Waals surface area contributed by atoms with E-state index in [1.807, 2.05) is 23.9 Å². The molecule has 4 heteroatoms. The highest BCUT2D eigenvalue weighted by molar-refractivity contribution is 7.07. The Labute approximate surface area is 101 Å². The van der Waals surface area contributed by atoms with Gasteiger partial charge >= 0.3 is 0 Å². The fourth-order valence-corrected chi connectivity index (χ4v) is 2.17. The average molecular weight is 240 g/mol. The summed E-state index contributed by atoms with van der Waals surface area (Å²) in [6.07, 6.45) is 0.487. The maximum Gasteiger partial charge on any atom is 0.226 e. The molecule has 2 N–H and O–H groups in total. The third-order valence-corrected chi connectivity index (χ3v) is 3.31. The topological polar surface area (TPSA) is 46.3 Å². The van der Waals surface area contributed by atoms with Crippen LogP contribution in [0, 0.1) is 5.41 Å². The molecule has 0 saturated heterocycles. The summed E-state index contributed by atoms with van der Waals surface area (Å²) in [4.78, 5) is 13.7. The van der Waals surface area contributed by atoms with Crippen LogP contribution in [0.3, 0.4) is 0 Å². The molecule has 0 aliphatic carbocycles. The van der Waals surface area contributed by atoms with Crippen LogP contribution in [0.15, 0.2) is 16.8 Å². The van der Waals surface area contributed by atoms with Gasteiger partial charge in [-0.05, 0) is 34.3 Å². The summed E-state index contributed by atoms with van der Waals surface area (Å²) in [5.41, 5.74) is 6.73. The predicted molar refractivity (Wildman–Crippen MR) is 68.5 cm³/mol. The summed E-state index contributed by atoms with van der Waals surface area (Å²) in [6, 6.07) is 1.99. The van der Waals surface area contributed by atoms with Gasteiger partial charge in [0.15, 0.2) is 0 Å². The number of likely N-dealkylation sites (N-methyl/N-ethyl adjacent to an activating group) is 1. The van der Waals surface area contributed by atoms with Gasteiger partial charge in [-0.2, -0.15) is 11.3 Å². The van der Waals surface area contributed by atoms with Crippen molar-refractivity contribution in [2.45, 2.75) is 20.3 Å². The molecule has 16 heavy (non-hydrogen) atoms. The highest BCUT2D eigenvalue weighted by Crippen LogP contribution is 2.15. The second-order valence-electron chi connectivity index (χ2n) is 4.93. The molecule has 0 fully saturated rings. The van der Waals surface area contributed by atoms with Gasteiger partial charge in [-0.15, -0.1) is 0 Å². The Morgan fingerprint density at radius 3 is 2.75 bits per heavy atom. The molecule has 0 aliphatic rings. The Balaban J connectivity index is 2.48. The van der Waals surface area contributed by atoms with Crippen molar-refractivity contribution < 1.29 is 4.79 Å². The number of nitrogens with two attached hydrogens (primary N) is 1. The molecule has 3 nitrogen and oxygen atoms in total. The fourth-order valence-electron chi connectivity index (χ4n) is 1.50. The van der Waals surface area contributed by atoms with E-state index >= 15 is 0 Å². The van der Waals surface area contributed by atoms with Gasteiger partial charge in [0.2, 0.25) is 5.91 Å². The standard InChI is InChI=1S/C12H20N2OS/c1-12(2,8-13)9-14(3)11(15)6-10-4-5-16-7-10/h4-5,7H,6,8-9,13H2,1-3H3. The number of carbonyl (C=O) groups excluding carboxylic acids is 1. The van der Waals surface area contributed by atoms with E-state index in [1.165, 1.54) is 0 Å². The van der Waals surface area contributed by atoms with Crippen molar-refractivity contribution in [1.29, 1.82) is 0 Å². The third kappa shape index (κ3) is 3.94. The van der Waals surface area contributed by atoms with E-state index in [0.29, 0.717) is 19.5 Å². The molecule has 0 atom stereocenters. The first kappa shape index (κ1) is 13.2. The maximum atomic E-state index is 11.9. The molecule has 1 amide bonds. The molecule has 0 aromatic carbocycles. The second-order valence-corrected chi connectivity index (χ2v) is 5.71. The molecule has 0 bridgehead atoms. The lowest BCUT2D eigenvalue weighted by Gasteiger charge is -2.29. The number of carbonyl (C=O) groups is 1. The van der Waals surface area contributed by atoms with Gasteiger partial charge < -0.3 is 10.6 Å². The van der Waals surface area contributed by atoms with Gasteiger partial charge in [0.05, 0.1) is 6.42 Å². The van der Waals surface area contributed by atoms with Crippen LogP contribution >= 0.6 is 11.3 Å². The largest absolute Gasteiger partial charge is 0.345 e. The van der Waals surface area contributed by atoms with Crippen LogP contribution in [-0.4, -0.2) is 30.9 Å². The molecular weight excluding hydrogens is 220 g/mol. The Morgan fingerprint density at radius 1 is 1.56 bits per heavy atom. The van der Waals surface area contributed by atoms with E-state index < -0.39 is 0 Å². The third-order valence-electron chi connectivity index (χ3n) is 2.58. The first-order valence-electron chi connectivity index (χ1n) is 5.40. The van der Waals surface area contributed by atoms with E-state index in [4.69, 9.17) is 5.73 Å². The summed E-state index contributed by atoms with van der Waals surface area (Å²) < 4.78 is 0. The van der Waals surface area contributed by atoms with Gasteiger partial charge in [0.25, 0.3) is 0 Å². The van der Waals surface area contributed by atoms with Gasteiger partial charge in [-0.3, -0.25) is 4.79 Å². The lowest BCUT2D eigenvalue weighted by Crippen LogP contribution is -2.40. The number of rotatable bonds is 5. The van der Waals surface area contributed by atoms with E-state index in [2.05, 4.69) is 13.8 Å². The smallest absolute Gasteiger partial charge is 0.226 e. The quantitative estimate of drug-likeness (QED) is 0.852. The Kier molecular flexibility index (Phi) is 4.50. The summed E-state index contributed by atoms with van der Waals surface area (Å²) in [7, 11) is 1.84. The molecule has 1 aromatic rings. The Morgan fingerprint density at radius 2 is 2.25 bits per heavy atom. The van der Waals surface area contributed by atoms with Gasteiger partial charge in [0.1, 0.15) is 0 Å². The molecule has 0 spiro atoms. The van der Waals surface area contributed by atoms with Crippen molar-refractivity contribution >= 4 is 17.2 Å². The molecule has 0 aliphatic heterocycles. The van der Waals surface area contributed by atoms with Crippen molar-refractivity contribution in [2.24, 2.45) is 11.1 Å². The van der Waals surface area contributed by atoms with Crippen molar-refractivity contribution in [3.63, 3.8) is 0 Å². The average Bonchev–Trinajstić information content (AvgIpc) is 2.69. The number of thiophene rings is 1. The van der Waals surface area contributed by atoms with Crippen molar-refractivity contribution in [3.8, 4) is 0 Å². The van der Waals surface area contributed by atoms with Crippen LogP contribution in [0.25, 0.3) is 0 Å². The Hall–Kier alpha value is -0.870. The summed E-state index contributed by atoms with van der Waals surface area (Å²) in [5, 5.41) is 4.01. The highest BCUT2D eigenvalue weighted by atomic mass is 32.1. The molecule has 1 aromatic heterocycles.